The first-order valence-electron chi connectivity index (χ1n) is 15.6. The van der Waals surface area contributed by atoms with Gasteiger partial charge in [0.15, 0.2) is 0 Å². The summed E-state index contributed by atoms with van der Waals surface area (Å²) in [6, 6.07) is 49.1. The second-order valence-electron chi connectivity index (χ2n) is 12.8. The van der Waals surface area contributed by atoms with Crippen LogP contribution in [-0.2, 0) is 5.41 Å². The van der Waals surface area contributed by atoms with Crippen molar-refractivity contribution in [1.29, 1.82) is 0 Å². The standard InChI is InChI=1S/C42H28N2S/c1-42(2)33-18-7-3-14-27(33)31-23-32-28-15-5-9-20-36(28)44(37(32)24-34(31)42)26-13-11-12-25(22-26)39-29-16-4-8-19-35(29)43-41-40(39)30-17-6-10-21-38(30)45-41/h3-24H,1-2H3. The summed E-state index contributed by atoms with van der Waals surface area (Å²) < 4.78 is 3.74. The fourth-order valence-corrected chi connectivity index (χ4v) is 9.01. The zero-order valence-electron chi connectivity index (χ0n) is 25.0. The van der Waals surface area contributed by atoms with Gasteiger partial charge in [-0.2, -0.15) is 0 Å². The van der Waals surface area contributed by atoms with Crippen LogP contribution in [0.15, 0.2) is 133 Å². The predicted molar refractivity (Wildman–Crippen MR) is 192 cm³/mol. The number of rotatable bonds is 2. The molecule has 0 spiro atoms. The summed E-state index contributed by atoms with van der Waals surface area (Å²) in [5.74, 6) is 0. The number of benzene rings is 6. The van der Waals surface area contributed by atoms with Gasteiger partial charge in [0.25, 0.3) is 0 Å². The van der Waals surface area contributed by atoms with Gasteiger partial charge >= 0.3 is 0 Å². The topological polar surface area (TPSA) is 17.8 Å². The molecule has 1 aliphatic rings. The van der Waals surface area contributed by atoms with Gasteiger partial charge in [-0.15, -0.1) is 11.3 Å². The van der Waals surface area contributed by atoms with E-state index in [0.717, 1.165) is 10.3 Å². The van der Waals surface area contributed by atoms with E-state index in [0.29, 0.717) is 0 Å². The Balaban J connectivity index is 1.28. The quantitative estimate of drug-likeness (QED) is 0.195. The van der Waals surface area contributed by atoms with Gasteiger partial charge < -0.3 is 4.57 Å². The Morgan fingerprint density at radius 3 is 2.24 bits per heavy atom. The molecular weight excluding hydrogens is 565 g/mol. The van der Waals surface area contributed by atoms with Crippen molar-refractivity contribution in [1.82, 2.24) is 9.55 Å². The first-order valence-corrected chi connectivity index (χ1v) is 16.4. The lowest BCUT2D eigenvalue weighted by atomic mass is 9.82. The van der Waals surface area contributed by atoms with Crippen molar-refractivity contribution >= 4 is 64.3 Å². The Labute approximate surface area is 264 Å². The lowest BCUT2D eigenvalue weighted by molar-refractivity contribution is 0.661. The van der Waals surface area contributed by atoms with Crippen LogP contribution in [0.2, 0.25) is 0 Å². The number of para-hydroxylation sites is 2. The summed E-state index contributed by atoms with van der Waals surface area (Å²) in [7, 11) is 0. The van der Waals surface area contributed by atoms with E-state index in [1.165, 1.54) is 81.7 Å². The van der Waals surface area contributed by atoms with Crippen LogP contribution in [0.4, 0.5) is 0 Å². The SMILES string of the molecule is CC1(C)c2ccccc2-c2cc3c4ccccc4n(-c4cccc(-c5c6ccccc6nc6sc7ccccc7c56)c4)c3cc21. The van der Waals surface area contributed by atoms with E-state index >= 15 is 0 Å². The fourth-order valence-electron chi connectivity index (χ4n) is 7.92. The van der Waals surface area contributed by atoms with Crippen molar-refractivity contribution in [3.63, 3.8) is 0 Å². The lowest BCUT2D eigenvalue weighted by Gasteiger charge is -2.21. The highest BCUT2D eigenvalue weighted by Gasteiger charge is 2.36. The molecule has 0 fully saturated rings. The normalized spacial score (nSPS) is 13.7. The Morgan fingerprint density at radius 2 is 1.33 bits per heavy atom. The molecule has 0 atom stereocenters. The van der Waals surface area contributed by atoms with E-state index < -0.39 is 0 Å². The molecule has 0 unspecified atom stereocenters. The van der Waals surface area contributed by atoms with Crippen molar-refractivity contribution in [2.24, 2.45) is 0 Å². The largest absolute Gasteiger partial charge is 0.309 e. The Kier molecular flexibility index (Phi) is 4.97. The maximum absolute atomic E-state index is 5.13. The van der Waals surface area contributed by atoms with Crippen LogP contribution < -0.4 is 0 Å². The third kappa shape index (κ3) is 3.36. The Morgan fingerprint density at radius 1 is 0.578 bits per heavy atom. The van der Waals surface area contributed by atoms with Crippen LogP contribution in [0.25, 0.3) is 81.0 Å². The van der Waals surface area contributed by atoms with Crippen LogP contribution in [0.1, 0.15) is 25.0 Å². The van der Waals surface area contributed by atoms with E-state index in [2.05, 4.69) is 152 Å². The average Bonchev–Trinajstić information content (AvgIpc) is 3.68. The van der Waals surface area contributed by atoms with Crippen LogP contribution in [0, 0.1) is 0 Å². The number of fused-ring (bicyclic) bond motifs is 10. The van der Waals surface area contributed by atoms with E-state index in [1.54, 1.807) is 11.3 Å². The molecule has 45 heavy (non-hydrogen) atoms. The lowest BCUT2D eigenvalue weighted by Crippen LogP contribution is -2.14. The molecule has 0 saturated carbocycles. The Bertz CT molecular complexity index is 2690. The molecule has 3 heteroatoms. The maximum Gasteiger partial charge on any atom is 0.125 e. The van der Waals surface area contributed by atoms with Gasteiger partial charge in [0.1, 0.15) is 4.83 Å². The summed E-state index contributed by atoms with van der Waals surface area (Å²) in [5.41, 5.74) is 12.6. The second kappa shape index (κ2) is 8.90. The molecule has 0 radical (unpaired) electrons. The second-order valence-corrected chi connectivity index (χ2v) is 13.8. The molecule has 0 bridgehead atoms. The average molecular weight is 593 g/mol. The fraction of sp³-hybridized carbons (Fsp3) is 0.0714. The molecule has 0 aliphatic heterocycles. The van der Waals surface area contributed by atoms with Gasteiger partial charge in [-0.3, -0.25) is 0 Å². The molecule has 9 aromatic rings. The van der Waals surface area contributed by atoms with Gasteiger partial charge in [0, 0.05) is 48.3 Å². The van der Waals surface area contributed by atoms with Gasteiger partial charge in [-0.25, -0.2) is 4.98 Å². The summed E-state index contributed by atoms with van der Waals surface area (Å²) >= 11 is 1.78. The van der Waals surface area contributed by atoms with Gasteiger partial charge in [0.2, 0.25) is 0 Å². The molecule has 3 aromatic heterocycles. The molecule has 0 saturated heterocycles. The highest BCUT2D eigenvalue weighted by atomic mass is 32.1. The van der Waals surface area contributed by atoms with Crippen LogP contribution >= 0.6 is 11.3 Å². The minimum atomic E-state index is -0.0647. The molecule has 2 nitrogen and oxygen atoms in total. The number of hydrogen-bond acceptors (Lipinski definition) is 2. The highest BCUT2D eigenvalue weighted by molar-refractivity contribution is 7.25. The molecule has 3 heterocycles. The molecule has 0 N–H and O–H groups in total. The van der Waals surface area contributed by atoms with Gasteiger partial charge in [0.05, 0.1) is 16.6 Å². The van der Waals surface area contributed by atoms with E-state index in [9.17, 15) is 0 Å². The van der Waals surface area contributed by atoms with E-state index in [-0.39, 0.29) is 5.41 Å². The molecule has 1 aliphatic carbocycles. The number of hydrogen-bond donors (Lipinski definition) is 0. The summed E-state index contributed by atoms with van der Waals surface area (Å²) in [6.45, 7) is 4.73. The molecular formula is C42H28N2S. The Hall–Kier alpha value is -5.25. The third-order valence-corrected chi connectivity index (χ3v) is 11.1. The van der Waals surface area contributed by atoms with Crippen LogP contribution in [-0.4, -0.2) is 9.55 Å². The first kappa shape index (κ1) is 25.1. The summed E-state index contributed by atoms with van der Waals surface area (Å²) in [6.07, 6.45) is 0. The van der Waals surface area contributed by atoms with E-state index in [1.807, 2.05) is 0 Å². The molecule has 10 rings (SSSR count). The minimum Gasteiger partial charge on any atom is -0.309 e. The number of aromatic nitrogens is 2. The van der Waals surface area contributed by atoms with E-state index in [4.69, 9.17) is 4.98 Å². The molecule has 6 aromatic carbocycles. The number of thiophene rings is 1. The van der Waals surface area contributed by atoms with Crippen LogP contribution in [0.3, 0.4) is 0 Å². The monoisotopic (exact) mass is 592 g/mol. The predicted octanol–water partition coefficient (Wildman–Crippen LogP) is 11.7. The summed E-state index contributed by atoms with van der Waals surface area (Å²) in [5, 5.41) is 6.27. The van der Waals surface area contributed by atoms with Crippen molar-refractivity contribution in [2.75, 3.05) is 0 Å². The zero-order valence-corrected chi connectivity index (χ0v) is 25.8. The number of nitrogens with zero attached hydrogens (tertiary/aromatic N) is 2. The number of pyridine rings is 1. The zero-order chi connectivity index (χ0) is 29.9. The maximum atomic E-state index is 5.13. The first-order chi connectivity index (χ1) is 22.1. The van der Waals surface area contributed by atoms with Crippen molar-refractivity contribution in [3.05, 3.63) is 145 Å². The van der Waals surface area contributed by atoms with Crippen molar-refractivity contribution in [3.8, 4) is 27.9 Å². The smallest absolute Gasteiger partial charge is 0.125 e. The van der Waals surface area contributed by atoms with Crippen molar-refractivity contribution < 1.29 is 0 Å². The molecule has 0 amide bonds. The highest BCUT2D eigenvalue weighted by Crippen LogP contribution is 2.51. The van der Waals surface area contributed by atoms with Crippen LogP contribution in [0.5, 0.6) is 0 Å². The van der Waals surface area contributed by atoms with Crippen molar-refractivity contribution in [2.45, 2.75) is 19.3 Å². The summed E-state index contributed by atoms with van der Waals surface area (Å²) in [4.78, 5) is 6.22. The van der Waals surface area contributed by atoms with Gasteiger partial charge in [-0.05, 0) is 70.3 Å². The third-order valence-electron chi connectivity index (χ3n) is 9.99. The molecule has 212 valence electrons. The minimum absolute atomic E-state index is 0.0647. The van der Waals surface area contributed by atoms with Gasteiger partial charge in [-0.1, -0.05) is 105 Å².